The van der Waals surface area contributed by atoms with Gasteiger partial charge in [-0.05, 0) is 32.1 Å². The number of carbonyl (C=O) groups is 1. The molecule has 7 nitrogen and oxygen atoms in total. The summed E-state index contributed by atoms with van der Waals surface area (Å²) in [6.45, 7) is 8.27. The molecule has 0 aliphatic heterocycles. The third-order valence-electron chi connectivity index (χ3n) is 5.14. The van der Waals surface area contributed by atoms with Crippen molar-refractivity contribution in [1.82, 2.24) is 24.2 Å². The fraction of sp³-hybridized carbons (Fsp3) is 0.450. The van der Waals surface area contributed by atoms with E-state index in [9.17, 15) is 18.0 Å². The molecule has 3 aromatic rings. The van der Waals surface area contributed by atoms with Crippen LogP contribution in [-0.4, -0.2) is 49.8 Å². The Hall–Kier alpha value is -2.59. The number of hydrogen-bond donors (Lipinski definition) is 1. The van der Waals surface area contributed by atoms with Gasteiger partial charge >= 0.3 is 6.18 Å². The Morgan fingerprint density at radius 1 is 1.23 bits per heavy atom. The number of rotatable bonds is 8. The Morgan fingerprint density at radius 3 is 2.52 bits per heavy atom. The molecule has 0 atom stereocenters. The standard InChI is InChI=1S/C20H24ClF3N6O/c1-4-28(5-2)10-11-29-15-9-7-6-8-14(15)25-19(29)26-16(31)12-30-13(3)17(21)18(27-30)20(22,23)24/h6-9H,4-5,10-12H2,1-3H3,(H,25,26,31). The Morgan fingerprint density at radius 2 is 1.90 bits per heavy atom. The van der Waals surface area contributed by atoms with Gasteiger partial charge in [0, 0.05) is 13.1 Å². The van der Waals surface area contributed by atoms with Crippen molar-refractivity contribution < 1.29 is 18.0 Å². The summed E-state index contributed by atoms with van der Waals surface area (Å²) in [6, 6.07) is 7.49. The zero-order valence-electron chi connectivity index (χ0n) is 17.5. The van der Waals surface area contributed by atoms with Crippen LogP contribution in [0.15, 0.2) is 24.3 Å². The van der Waals surface area contributed by atoms with Crippen LogP contribution in [-0.2, 0) is 24.1 Å². The zero-order chi connectivity index (χ0) is 22.8. The van der Waals surface area contributed by atoms with Crippen molar-refractivity contribution in [2.24, 2.45) is 0 Å². The highest BCUT2D eigenvalue weighted by Gasteiger charge is 2.38. The number of anilines is 1. The van der Waals surface area contributed by atoms with Crippen LogP contribution in [0.1, 0.15) is 25.2 Å². The number of imidazole rings is 1. The molecule has 11 heteroatoms. The van der Waals surface area contributed by atoms with E-state index < -0.39 is 29.3 Å². The van der Waals surface area contributed by atoms with Crippen LogP contribution in [0, 0.1) is 6.92 Å². The molecular weight excluding hydrogens is 433 g/mol. The lowest BCUT2D eigenvalue weighted by atomic mass is 10.3. The minimum Gasteiger partial charge on any atom is -0.309 e. The molecule has 1 aromatic carbocycles. The number of halogens is 4. The van der Waals surface area contributed by atoms with Gasteiger partial charge in [-0.25, -0.2) is 4.98 Å². The van der Waals surface area contributed by atoms with E-state index in [1.807, 2.05) is 28.8 Å². The van der Waals surface area contributed by atoms with Gasteiger partial charge in [-0.15, -0.1) is 0 Å². The van der Waals surface area contributed by atoms with E-state index in [0.717, 1.165) is 35.3 Å². The molecule has 0 fully saturated rings. The van der Waals surface area contributed by atoms with Gasteiger partial charge in [-0.3, -0.25) is 14.8 Å². The fourth-order valence-electron chi connectivity index (χ4n) is 3.34. The van der Waals surface area contributed by atoms with Gasteiger partial charge in [-0.1, -0.05) is 37.6 Å². The number of alkyl halides is 3. The molecule has 0 unspecified atom stereocenters. The molecule has 31 heavy (non-hydrogen) atoms. The second kappa shape index (κ2) is 9.27. The predicted octanol–water partition coefficient (Wildman–Crippen LogP) is 4.19. The molecule has 0 saturated carbocycles. The number of nitrogens with one attached hydrogen (secondary N) is 1. The Bertz CT molecular complexity index is 1070. The molecule has 1 N–H and O–H groups in total. The highest BCUT2D eigenvalue weighted by atomic mass is 35.5. The average Bonchev–Trinajstić information content (AvgIpc) is 3.20. The summed E-state index contributed by atoms with van der Waals surface area (Å²) in [5.74, 6) is -0.208. The maximum Gasteiger partial charge on any atom is 0.436 e. The monoisotopic (exact) mass is 456 g/mol. The number of aromatic nitrogens is 4. The van der Waals surface area contributed by atoms with Gasteiger partial charge in [0.15, 0.2) is 5.69 Å². The van der Waals surface area contributed by atoms with Crippen LogP contribution in [0.2, 0.25) is 5.02 Å². The van der Waals surface area contributed by atoms with E-state index in [2.05, 4.69) is 34.1 Å². The van der Waals surface area contributed by atoms with Crippen LogP contribution < -0.4 is 5.32 Å². The minimum atomic E-state index is -4.69. The SMILES string of the molecule is CCN(CC)CCn1c(NC(=O)Cn2nc(C(F)(F)F)c(Cl)c2C)nc2ccccc21. The van der Waals surface area contributed by atoms with Crippen LogP contribution in [0.4, 0.5) is 19.1 Å². The number of nitrogens with zero attached hydrogens (tertiary/aromatic N) is 5. The molecule has 2 heterocycles. The van der Waals surface area contributed by atoms with Gasteiger partial charge in [0.2, 0.25) is 11.9 Å². The number of benzene rings is 1. The number of para-hydroxylation sites is 2. The fourth-order valence-corrected chi connectivity index (χ4v) is 3.58. The van der Waals surface area contributed by atoms with Crippen molar-refractivity contribution in [3.63, 3.8) is 0 Å². The Labute approximate surface area is 182 Å². The second-order valence-corrected chi connectivity index (χ2v) is 7.43. The molecule has 0 radical (unpaired) electrons. The first-order valence-corrected chi connectivity index (χ1v) is 10.3. The Balaban J connectivity index is 1.83. The van der Waals surface area contributed by atoms with E-state index in [1.165, 1.54) is 6.92 Å². The smallest absolute Gasteiger partial charge is 0.309 e. The Kier molecular flexibility index (Phi) is 6.90. The highest BCUT2D eigenvalue weighted by Crippen LogP contribution is 2.35. The molecule has 2 aromatic heterocycles. The number of likely N-dealkylation sites (N-methyl/N-ethyl adjacent to an activating group) is 1. The minimum absolute atomic E-state index is 0.0687. The van der Waals surface area contributed by atoms with E-state index in [4.69, 9.17) is 11.6 Å². The summed E-state index contributed by atoms with van der Waals surface area (Å²) in [5, 5.41) is 5.68. The van der Waals surface area contributed by atoms with E-state index in [0.29, 0.717) is 12.5 Å². The van der Waals surface area contributed by atoms with Crippen molar-refractivity contribution in [2.45, 2.75) is 40.0 Å². The van der Waals surface area contributed by atoms with Crippen molar-refractivity contribution in [1.29, 1.82) is 0 Å². The van der Waals surface area contributed by atoms with Gasteiger partial charge in [0.25, 0.3) is 0 Å². The third-order valence-corrected chi connectivity index (χ3v) is 5.59. The van der Waals surface area contributed by atoms with Crippen molar-refractivity contribution in [3.05, 3.63) is 40.7 Å². The summed E-state index contributed by atoms with van der Waals surface area (Å²) in [6.07, 6.45) is -4.69. The van der Waals surface area contributed by atoms with Gasteiger partial charge in [-0.2, -0.15) is 18.3 Å². The van der Waals surface area contributed by atoms with Crippen molar-refractivity contribution in [3.8, 4) is 0 Å². The van der Waals surface area contributed by atoms with Gasteiger partial charge in [0.05, 0.1) is 21.7 Å². The molecule has 0 bridgehead atoms. The van der Waals surface area contributed by atoms with Crippen LogP contribution >= 0.6 is 11.6 Å². The molecule has 0 saturated heterocycles. The van der Waals surface area contributed by atoms with Crippen molar-refractivity contribution in [2.75, 3.05) is 25.0 Å². The summed E-state index contributed by atoms with van der Waals surface area (Å²) in [7, 11) is 0. The molecule has 1 amide bonds. The molecule has 168 valence electrons. The van der Waals surface area contributed by atoms with E-state index >= 15 is 0 Å². The number of fused-ring (bicyclic) bond motifs is 1. The number of carbonyl (C=O) groups excluding carboxylic acids is 1. The number of amides is 1. The lowest BCUT2D eigenvalue weighted by molar-refractivity contribution is -0.141. The topological polar surface area (TPSA) is 68.0 Å². The van der Waals surface area contributed by atoms with Crippen molar-refractivity contribution >= 4 is 34.5 Å². The van der Waals surface area contributed by atoms with Crippen LogP contribution in [0.25, 0.3) is 11.0 Å². The largest absolute Gasteiger partial charge is 0.436 e. The highest BCUT2D eigenvalue weighted by molar-refractivity contribution is 6.32. The normalized spacial score (nSPS) is 12.1. The first-order valence-electron chi connectivity index (χ1n) is 9.93. The van der Waals surface area contributed by atoms with Crippen LogP contribution in [0.3, 0.4) is 0 Å². The summed E-state index contributed by atoms with van der Waals surface area (Å²) < 4.78 is 41.9. The lowest BCUT2D eigenvalue weighted by Crippen LogP contribution is -2.28. The quantitative estimate of drug-likeness (QED) is 0.551. The summed E-state index contributed by atoms with van der Waals surface area (Å²) in [4.78, 5) is 19.4. The van der Waals surface area contributed by atoms with Crippen LogP contribution in [0.5, 0.6) is 0 Å². The maximum absolute atomic E-state index is 13.0. The molecule has 3 rings (SSSR count). The molecule has 0 spiro atoms. The van der Waals surface area contributed by atoms with E-state index in [1.54, 1.807) is 0 Å². The van der Waals surface area contributed by atoms with Gasteiger partial charge in [0.1, 0.15) is 6.54 Å². The molecule has 0 aliphatic carbocycles. The average molecular weight is 457 g/mol. The zero-order valence-corrected chi connectivity index (χ0v) is 18.3. The lowest BCUT2D eigenvalue weighted by Gasteiger charge is -2.19. The van der Waals surface area contributed by atoms with Gasteiger partial charge < -0.3 is 9.47 Å². The maximum atomic E-state index is 13.0. The predicted molar refractivity (Wildman–Crippen MR) is 113 cm³/mol. The molecular formula is C20H24ClF3N6O. The first-order chi connectivity index (χ1) is 14.7. The molecule has 0 aliphatic rings. The number of hydrogen-bond acceptors (Lipinski definition) is 4. The first kappa shape index (κ1) is 23.1. The second-order valence-electron chi connectivity index (χ2n) is 7.05. The summed E-state index contributed by atoms with van der Waals surface area (Å²) in [5.41, 5.74) is 0.447. The third kappa shape index (κ3) is 5.01. The van der Waals surface area contributed by atoms with E-state index in [-0.39, 0.29) is 5.69 Å². The summed E-state index contributed by atoms with van der Waals surface area (Å²) >= 11 is 5.76.